The second-order valence-corrected chi connectivity index (χ2v) is 24.8. The molecule has 0 radical (unpaired) electrons. The van der Waals surface area contributed by atoms with E-state index in [1.807, 2.05) is 21.1 Å². The van der Waals surface area contributed by atoms with Crippen molar-refractivity contribution in [2.45, 2.75) is 322 Å². The molecule has 9 heteroatoms. The number of aliphatic carboxylic acids is 1. The lowest BCUT2D eigenvalue weighted by Gasteiger charge is -2.26. The second-order valence-electron chi connectivity index (χ2n) is 24.8. The molecule has 0 aromatic carbocycles. The molecule has 2 unspecified atom stereocenters. The Morgan fingerprint density at radius 2 is 0.671 bits per heavy atom. The summed E-state index contributed by atoms with van der Waals surface area (Å²) in [7, 11) is 5.93. The van der Waals surface area contributed by atoms with Crippen molar-refractivity contribution >= 4 is 17.9 Å². The monoisotopic (exact) mass is 1190 g/mol. The number of quaternary nitrogens is 1. The Morgan fingerprint density at radius 3 is 1.00 bits per heavy atom. The van der Waals surface area contributed by atoms with E-state index < -0.39 is 24.3 Å². The third kappa shape index (κ3) is 67.6. The third-order valence-corrected chi connectivity index (χ3v) is 15.3. The minimum Gasteiger partial charge on any atom is -0.545 e. The minimum atomic E-state index is -1.63. The zero-order valence-electron chi connectivity index (χ0n) is 56.0. The average Bonchev–Trinajstić information content (AvgIpc) is 3.48. The summed E-state index contributed by atoms with van der Waals surface area (Å²) in [5, 5.41) is 11.8. The maximum Gasteiger partial charge on any atom is 0.306 e. The maximum absolute atomic E-state index is 12.9. The molecule has 490 valence electrons. The topological polar surface area (TPSA) is 111 Å². The molecule has 0 saturated heterocycles. The first-order chi connectivity index (χ1) is 41.6. The van der Waals surface area contributed by atoms with Crippen LogP contribution in [0.3, 0.4) is 0 Å². The van der Waals surface area contributed by atoms with Crippen LogP contribution < -0.4 is 5.11 Å². The van der Waals surface area contributed by atoms with Gasteiger partial charge in [0.25, 0.3) is 0 Å². The van der Waals surface area contributed by atoms with Crippen molar-refractivity contribution in [2.75, 3.05) is 47.5 Å². The van der Waals surface area contributed by atoms with E-state index in [1.54, 1.807) is 0 Å². The summed E-state index contributed by atoms with van der Waals surface area (Å²) in [5.41, 5.74) is 0. The summed E-state index contributed by atoms with van der Waals surface area (Å²) in [4.78, 5) is 37.5. The lowest BCUT2D eigenvalue weighted by molar-refractivity contribution is -0.870. The van der Waals surface area contributed by atoms with Crippen LogP contribution in [0.15, 0.2) is 97.2 Å². The van der Waals surface area contributed by atoms with E-state index >= 15 is 0 Å². The van der Waals surface area contributed by atoms with Gasteiger partial charge >= 0.3 is 11.9 Å². The number of carboxylic acids is 1. The van der Waals surface area contributed by atoms with Gasteiger partial charge in [0.2, 0.25) is 0 Å². The first-order valence-electron chi connectivity index (χ1n) is 35.4. The molecule has 0 spiro atoms. The van der Waals surface area contributed by atoms with Crippen molar-refractivity contribution in [2.24, 2.45) is 0 Å². The van der Waals surface area contributed by atoms with Crippen molar-refractivity contribution in [3.8, 4) is 0 Å². The van der Waals surface area contributed by atoms with Gasteiger partial charge in [-0.3, -0.25) is 9.59 Å². The number of ether oxygens (including phenoxy) is 4. The Morgan fingerprint density at radius 1 is 0.365 bits per heavy atom. The Kier molecular flexibility index (Phi) is 63.2. The van der Waals surface area contributed by atoms with Crippen LogP contribution in [0.4, 0.5) is 0 Å². The van der Waals surface area contributed by atoms with E-state index in [0.29, 0.717) is 17.4 Å². The predicted octanol–water partition coefficient (Wildman–Crippen LogP) is 20.7. The number of carbonyl (C=O) groups excluding carboxylic acids is 3. The largest absolute Gasteiger partial charge is 0.545 e. The minimum absolute atomic E-state index is 0.145. The SMILES string of the molecule is CC/C=C\C/C=C\C/C=C\C/C=C\C/C=C\CCCCCCCCCCCCCCCCCCCCCCCC(=O)OC(COC(=O)CCCCCCCCCC/C=C\C/C=C\C/C=C\CCCCCCC)COC(OCC[N+](C)(C)C)C(=O)[O-]. The van der Waals surface area contributed by atoms with Crippen LogP contribution in [-0.4, -0.2) is 82.3 Å². The first-order valence-corrected chi connectivity index (χ1v) is 35.4. The quantitative estimate of drug-likeness (QED) is 0.0195. The molecule has 2 atom stereocenters. The number of hydrogen-bond donors (Lipinski definition) is 0. The Bertz CT molecular complexity index is 1720. The molecule has 0 aliphatic carbocycles. The third-order valence-electron chi connectivity index (χ3n) is 15.3. The van der Waals surface area contributed by atoms with Crippen LogP contribution in [0.2, 0.25) is 0 Å². The summed E-state index contributed by atoms with van der Waals surface area (Å²) < 4.78 is 22.8. The highest BCUT2D eigenvalue weighted by Gasteiger charge is 2.22. The van der Waals surface area contributed by atoms with Crippen LogP contribution >= 0.6 is 0 Å². The number of hydrogen-bond acceptors (Lipinski definition) is 8. The van der Waals surface area contributed by atoms with Gasteiger partial charge in [-0.15, -0.1) is 0 Å². The number of carboxylic acid groups (broad SMARTS) is 1. The number of rotatable bonds is 65. The van der Waals surface area contributed by atoms with Crippen molar-refractivity contribution in [1.29, 1.82) is 0 Å². The molecule has 0 amide bonds. The van der Waals surface area contributed by atoms with Gasteiger partial charge in [-0.05, 0) is 96.3 Å². The van der Waals surface area contributed by atoms with Gasteiger partial charge in [-0.2, -0.15) is 0 Å². The van der Waals surface area contributed by atoms with E-state index in [0.717, 1.165) is 89.9 Å². The molecule has 0 fully saturated rings. The first kappa shape index (κ1) is 81.2. The molecule has 0 bridgehead atoms. The number of likely N-dealkylation sites (N-methyl/N-ethyl adjacent to an activating group) is 1. The smallest absolute Gasteiger partial charge is 0.306 e. The van der Waals surface area contributed by atoms with Crippen LogP contribution in [0.5, 0.6) is 0 Å². The van der Waals surface area contributed by atoms with Gasteiger partial charge in [-0.1, -0.05) is 297 Å². The van der Waals surface area contributed by atoms with E-state index in [-0.39, 0.29) is 38.6 Å². The fourth-order valence-corrected chi connectivity index (χ4v) is 9.93. The van der Waals surface area contributed by atoms with Gasteiger partial charge in [0.15, 0.2) is 12.4 Å². The summed E-state index contributed by atoms with van der Waals surface area (Å²) in [6, 6.07) is 0. The molecular formula is C76H133NO8. The highest BCUT2D eigenvalue weighted by atomic mass is 16.7. The number of nitrogens with zero attached hydrogens (tertiary/aromatic N) is 1. The maximum atomic E-state index is 12.9. The van der Waals surface area contributed by atoms with Crippen molar-refractivity contribution < 1.29 is 42.9 Å². The second kappa shape index (κ2) is 66.2. The molecular weight excluding hydrogens is 1050 g/mol. The van der Waals surface area contributed by atoms with Gasteiger partial charge in [0.05, 0.1) is 40.3 Å². The molecule has 0 heterocycles. The predicted molar refractivity (Wildman–Crippen MR) is 361 cm³/mol. The Hall–Kier alpha value is -3.79. The van der Waals surface area contributed by atoms with Gasteiger partial charge < -0.3 is 33.3 Å². The molecule has 0 rings (SSSR count). The van der Waals surface area contributed by atoms with E-state index in [2.05, 4.69) is 111 Å². The van der Waals surface area contributed by atoms with E-state index in [4.69, 9.17) is 18.9 Å². The fraction of sp³-hybridized carbons (Fsp3) is 0.750. The molecule has 0 aliphatic heterocycles. The summed E-state index contributed by atoms with van der Waals surface area (Å²) in [5.74, 6) is -2.28. The summed E-state index contributed by atoms with van der Waals surface area (Å²) in [6.45, 7) is 4.64. The summed E-state index contributed by atoms with van der Waals surface area (Å²) in [6.07, 6.45) is 87.8. The van der Waals surface area contributed by atoms with Gasteiger partial charge in [-0.25, -0.2) is 0 Å². The van der Waals surface area contributed by atoms with Gasteiger partial charge in [0.1, 0.15) is 13.2 Å². The normalized spacial score (nSPS) is 13.3. The van der Waals surface area contributed by atoms with Crippen LogP contribution in [0.25, 0.3) is 0 Å². The van der Waals surface area contributed by atoms with Crippen molar-refractivity contribution in [3.63, 3.8) is 0 Å². The average molecular weight is 1190 g/mol. The Balaban J connectivity index is 4.07. The molecule has 0 saturated carbocycles. The van der Waals surface area contributed by atoms with Crippen molar-refractivity contribution in [3.05, 3.63) is 97.2 Å². The van der Waals surface area contributed by atoms with Crippen LogP contribution in [-0.2, 0) is 33.3 Å². The fourth-order valence-electron chi connectivity index (χ4n) is 9.93. The molecule has 85 heavy (non-hydrogen) atoms. The number of unbranched alkanes of at least 4 members (excludes halogenated alkanes) is 34. The van der Waals surface area contributed by atoms with Gasteiger partial charge in [0, 0.05) is 12.8 Å². The summed E-state index contributed by atoms with van der Waals surface area (Å²) >= 11 is 0. The number of esters is 2. The van der Waals surface area contributed by atoms with E-state index in [9.17, 15) is 19.5 Å². The van der Waals surface area contributed by atoms with Crippen LogP contribution in [0, 0.1) is 0 Å². The highest BCUT2D eigenvalue weighted by molar-refractivity contribution is 5.70. The standard InChI is InChI=1S/C76H133NO8/c1-6-8-10-12-14-16-18-20-22-24-26-28-30-31-32-33-34-35-36-37-38-39-40-41-42-43-45-47-49-51-53-55-57-59-61-63-65-67-74(79)85-72(71-84-76(75(80)81)82-69-68-77(3,4)5)70-83-73(78)66-64-62-60-58-56-54-52-50-48-46-44-29-27-25-23-21-19-17-15-13-11-9-7-2/h8,10,14,16,19-22,25-28,31-32,44,46,72,76H,6-7,9,11-13,15,17-18,23-24,29-30,33-43,45,47-71H2,1-5H3/b10-8-,16-14-,21-19-,22-20-,27-25-,28-26-,32-31-,46-44-. The molecule has 9 nitrogen and oxygen atoms in total. The Labute approximate surface area is 524 Å². The van der Waals surface area contributed by atoms with Crippen molar-refractivity contribution in [1.82, 2.24) is 0 Å². The molecule has 0 aliphatic rings. The molecule has 0 N–H and O–H groups in total. The lowest BCUT2D eigenvalue weighted by Crippen LogP contribution is -2.44. The molecule has 0 aromatic heterocycles. The number of carbonyl (C=O) groups is 3. The molecule has 0 aromatic rings. The lowest BCUT2D eigenvalue weighted by atomic mass is 10.0. The highest BCUT2D eigenvalue weighted by Crippen LogP contribution is 2.18. The number of allylic oxidation sites excluding steroid dienone is 16. The zero-order valence-corrected chi connectivity index (χ0v) is 56.0. The zero-order chi connectivity index (χ0) is 61.9. The van der Waals surface area contributed by atoms with E-state index in [1.165, 1.54) is 186 Å². The van der Waals surface area contributed by atoms with Crippen LogP contribution in [0.1, 0.15) is 309 Å².